The van der Waals surface area contributed by atoms with Crippen LogP contribution in [-0.4, -0.2) is 60.4 Å². The third kappa shape index (κ3) is 6.28. The molecule has 6 nitrogen and oxygen atoms in total. The van der Waals surface area contributed by atoms with Gasteiger partial charge in [0.2, 0.25) is 10.0 Å². The summed E-state index contributed by atoms with van der Waals surface area (Å²) in [5, 5.41) is 10.2. The van der Waals surface area contributed by atoms with Crippen LogP contribution in [0.2, 0.25) is 10.0 Å². The Morgan fingerprint density at radius 1 is 1.06 bits per heavy atom. The van der Waals surface area contributed by atoms with Crippen molar-refractivity contribution in [1.82, 2.24) is 9.21 Å². The number of aliphatic carboxylic acids is 1. The van der Waals surface area contributed by atoms with Crippen molar-refractivity contribution in [3.05, 3.63) is 63.1 Å². The molecule has 1 aliphatic rings. The maximum atomic E-state index is 13.5. The van der Waals surface area contributed by atoms with Gasteiger partial charge in [0.15, 0.2) is 0 Å². The molecule has 1 N–H and O–H groups in total. The van der Waals surface area contributed by atoms with Crippen molar-refractivity contribution < 1.29 is 18.3 Å². The van der Waals surface area contributed by atoms with Gasteiger partial charge in [0, 0.05) is 25.2 Å². The molecule has 0 amide bonds. The number of carboxylic acids is 1. The predicted molar refractivity (Wildman–Crippen MR) is 132 cm³/mol. The molecule has 0 saturated carbocycles. The number of hydrogen-bond donors (Lipinski definition) is 1. The maximum absolute atomic E-state index is 13.5. The molecule has 2 aromatic rings. The number of carbonyl (C=O) groups is 1. The highest BCUT2D eigenvalue weighted by atomic mass is 35.5. The van der Waals surface area contributed by atoms with Crippen LogP contribution >= 0.6 is 23.2 Å². The van der Waals surface area contributed by atoms with E-state index in [-0.39, 0.29) is 23.4 Å². The minimum Gasteiger partial charge on any atom is -0.481 e. The third-order valence-electron chi connectivity index (χ3n) is 6.08. The van der Waals surface area contributed by atoms with Gasteiger partial charge in [-0.05, 0) is 81.1 Å². The van der Waals surface area contributed by atoms with Crippen molar-refractivity contribution in [1.29, 1.82) is 0 Å². The lowest BCUT2D eigenvalue weighted by Gasteiger charge is -2.43. The van der Waals surface area contributed by atoms with E-state index in [0.29, 0.717) is 28.7 Å². The number of benzene rings is 2. The number of halogens is 2. The third-order valence-corrected chi connectivity index (χ3v) is 8.94. The summed E-state index contributed by atoms with van der Waals surface area (Å²) in [6, 6.07) is 10.0. The summed E-state index contributed by atoms with van der Waals surface area (Å²) in [5.41, 5.74) is 2.41. The van der Waals surface area contributed by atoms with Crippen molar-refractivity contribution in [2.24, 2.45) is 0 Å². The minimum absolute atomic E-state index is 0.149. The van der Waals surface area contributed by atoms with Crippen molar-refractivity contribution in [2.45, 2.75) is 57.0 Å². The van der Waals surface area contributed by atoms with Crippen LogP contribution in [0.5, 0.6) is 0 Å². The maximum Gasteiger partial charge on any atom is 0.307 e. The molecule has 1 heterocycles. The zero-order chi connectivity index (χ0) is 24.3. The van der Waals surface area contributed by atoms with E-state index in [4.69, 9.17) is 28.3 Å². The molecule has 1 fully saturated rings. The second-order valence-corrected chi connectivity index (χ2v) is 11.5. The Bertz CT molecular complexity index is 1110. The van der Waals surface area contributed by atoms with E-state index in [1.165, 1.54) is 6.07 Å². The average molecular weight is 513 g/mol. The topological polar surface area (TPSA) is 77.9 Å². The van der Waals surface area contributed by atoms with Gasteiger partial charge in [-0.2, -0.15) is 4.31 Å². The molecule has 0 aromatic heterocycles. The summed E-state index contributed by atoms with van der Waals surface area (Å²) in [4.78, 5) is 13.6. The Balaban J connectivity index is 1.66. The molecule has 0 spiro atoms. The number of rotatable bonds is 8. The van der Waals surface area contributed by atoms with Crippen LogP contribution in [0.4, 0.5) is 0 Å². The van der Waals surface area contributed by atoms with E-state index in [2.05, 4.69) is 4.90 Å². The van der Waals surface area contributed by atoms with Crippen LogP contribution in [0.3, 0.4) is 0 Å². The molecule has 9 heteroatoms. The Hall–Kier alpha value is -1.64. The number of hydrogen-bond acceptors (Lipinski definition) is 4. The highest BCUT2D eigenvalue weighted by molar-refractivity contribution is 7.89. The molecule has 0 aliphatic carbocycles. The van der Waals surface area contributed by atoms with Crippen LogP contribution in [0.1, 0.15) is 37.0 Å². The van der Waals surface area contributed by atoms with Crippen LogP contribution in [0.15, 0.2) is 41.3 Å². The monoisotopic (exact) mass is 512 g/mol. The highest BCUT2D eigenvalue weighted by Gasteiger charge is 2.38. The van der Waals surface area contributed by atoms with Gasteiger partial charge in [-0.15, -0.1) is 0 Å². The van der Waals surface area contributed by atoms with Crippen LogP contribution in [-0.2, 0) is 27.7 Å². The summed E-state index contributed by atoms with van der Waals surface area (Å²) in [6.07, 6.45) is 1.60. The zero-order valence-corrected chi connectivity index (χ0v) is 21.4. The van der Waals surface area contributed by atoms with Gasteiger partial charge in [-0.3, -0.25) is 4.79 Å². The molecule has 2 aromatic carbocycles. The minimum atomic E-state index is -3.74. The first-order valence-electron chi connectivity index (χ1n) is 11.0. The standard InChI is InChI=1S/C24H30Cl2N2O4S/c1-16-6-8-21(12-20(16)13-24(29)30)33(31,32)28-17(2)14-27(15-18(28)3)10-4-5-19-7-9-22(25)23(26)11-19/h6-9,11-12,17-18H,4-5,10,13-15H2,1-3H3,(H,29,30). The first-order chi connectivity index (χ1) is 15.5. The lowest BCUT2D eigenvalue weighted by atomic mass is 10.1. The van der Waals surface area contributed by atoms with E-state index in [9.17, 15) is 13.2 Å². The predicted octanol–water partition coefficient (Wildman–Crippen LogP) is 4.65. The van der Waals surface area contributed by atoms with Crippen LogP contribution in [0.25, 0.3) is 0 Å². The number of aryl methyl sites for hydroxylation is 2. The van der Waals surface area contributed by atoms with Gasteiger partial charge in [-0.1, -0.05) is 35.3 Å². The molecule has 0 bridgehead atoms. The lowest BCUT2D eigenvalue weighted by Crippen LogP contribution is -2.58. The van der Waals surface area contributed by atoms with Gasteiger partial charge in [0.25, 0.3) is 0 Å². The molecule has 33 heavy (non-hydrogen) atoms. The largest absolute Gasteiger partial charge is 0.481 e. The summed E-state index contributed by atoms with van der Waals surface area (Å²) in [7, 11) is -3.74. The zero-order valence-electron chi connectivity index (χ0n) is 19.1. The molecule has 3 rings (SSSR count). The van der Waals surface area contributed by atoms with Crippen molar-refractivity contribution >= 4 is 39.2 Å². The van der Waals surface area contributed by atoms with Crippen LogP contribution < -0.4 is 0 Å². The molecule has 1 saturated heterocycles. The molecule has 180 valence electrons. The van der Waals surface area contributed by atoms with Gasteiger partial charge >= 0.3 is 5.97 Å². The van der Waals surface area contributed by atoms with Crippen molar-refractivity contribution in [2.75, 3.05) is 19.6 Å². The second-order valence-electron chi connectivity index (χ2n) is 8.80. The van der Waals surface area contributed by atoms with Crippen LogP contribution in [0, 0.1) is 6.92 Å². The number of sulfonamides is 1. The Kier molecular flexibility index (Phi) is 8.45. The number of nitrogens with zero attached hydrogens (tertiary/aromatic N) is 2. The van der Waals surface area contributed by atoms with Crippen molar-refractivity contribution in [3.63, 3.8) is 0 Å². The summed E-state index contributed by atoms with van der Waals surface area (Å²) in [6.45, 7) is 7.77. The van der Waals surface area contributed by atoms with Gasteiger partial charge in [0.05, 0.1) is 21.4 Å². The van der Waals surface area contributed by atoms with Gasteiger partial charge < -0.3 is 10.0 Å². The van der Waals surface area contributed by atoms with E-state index < -0.39 is 16.0 Å². The molecule has 0 radical (unpaired) electrons. The summed E-state index contributed by atoms with van der Waals surface area (Å²) >= 11 is 12.1. The fourth-order valence-corrected chi connectivity index (χ4v) is 6.74. The SMILES string of the molecule is Cc1ccc(S(=O)(=O)N2C(C)CN(CCCc3ccc(Cl)c(Cl)c3)CC2C)cc1CC(=O)O. The molecule has 1 aliphatic heterocycles. The second kappa shape index (κ2) is 10.7. The van der Waals surface area contributed by atoms with Gasteiger partial charge in [0.1, 0.15) is 0 Å². The first kappa shape index (κ1) is 26.0. The average Bonchev–Trinajstić information content (AvgIpc) is 2.71. The Morgan fingerprint density at radius 2 is 1.73 bits per heavy atom. The van der Waals surface area contributed by atoms with E-state index >= 15 is 0 Å². The fraction of sp³-hybridized carbons (Fsp3) is 0.458. The summed E-state index contributed by atoms with van der Waals surface area (Å²) in [5.74, 6) is -0.983. The molecule has 2 atom stereocenters. The number of piperazine rings is 1. The van der Waals surface area contributed by atoms with E-state index in [0.717, 1.165) is 30.5 Å². The van der Waals surface area contributed by atoms with Gasteiger partial charge in [-0.25, -0.2) is 8.42 Å². The van der Waals surface area contributed by atoms with E-state index in [1.54, 1.807) is 29.4 Å². The number of carboxylic acid groups (broad SMARTS) is 1. The highest BCUT2D eigenvalue weighted by Crippen LogP contribution is 2.27. The molecular weight excluding hydrogens is 483 g/mol. The molecular formula is C24H30Cl2N2O4S. The molecule has 2 unspecified atom stereocenters. The Labute approximate surface area is 206 Å². The fourth-order valence-electron chi connectivity index (χ4n) is 4.56. The van der Waals surface area contributed by atoms with E-state index in [1.807, 2.05) is 26.0 Å². The quantitative estimate of drug-likeness (QED) is 0.556. The smallest absolute Gasteiger partial charge is 0.307 e. The first-order valence-corrected chi connectivity index (χ1v) is 13.2. The lowest BCUT2D eigenvalue weighted by molar-refractivity contribution is -0.136. The Morgan fingerprint density at radius 3 is 2.33 bits per heavy atom. The summed E-state index contributed by atoms with van der Waals surface area (Å²) < 4.78 is 28.5. The normalized spacial score (nSPS) is 20.2. The van der Waals surface area contributed by atoms with Crippen molar-refractivity contribution in [3.8, 4) is 0 Å².